The number of pyridine rings is 1. The molecule has 0 saturated carbocycles. The van der Waals surface area contributed by atoms with Gasteiger partial charge in [0.05, 0.1) is 0 Å². The Labute approximate surface area is 87.5 Å². The summed E-state index contributed by atoms with van der Waals surface area (Å²) in [5, 5.41) is 2.44. The molecule has 0 saturated heterocycles. The smallest absolute Gasteiger partial charge is 0.377 e. The Kier molecular flexibility index (Phi) is 4.28. The molecule has 5 nitrogen and oxygen atoms in total. The summed E-state index contributed by atoms with van der Waals surface area (Å²) in [6.45, 7) is 1.57. The maximum absolute atomic E-state index is 10.9. The monoisotopic (exact) mass is 208 g/mol. The molecule has 0 atom stereocenters. The third-order valence-electron chi connectivity index (χ3n) is 1.61. The maximum Gasteiger partial charge on any atom is 0.414 e. The first-order valence-corrected chi connectivity index (χ1v) is 4.54. The summed E-state index contributed by atoms with van der Waals surface area (Å²) in [6.07, 6.45) is 1.57. The second-order valence-electron chi connectivity index (χ2n) is 2.88. The summed E-state index contributed by atoms with van der Waals surface area (Å²) in [6, 6.07) is 5.55. The van der Waals surface area contributed by atoms with Gasteiger partial charge in [0.1, 0.15) is 0 Å². The highest BCUT2D eigenvalue weighted by Crippen LogP contribution is 1.93. The molecule has 5 heteroatoms. The second-order valence-corrected chi connectivity index (χ2v) is 2.88. The first kappa shape index (κ1) is 11.2. The van der Waals surface area contributed by atoms with Crippen molar-refractivity contribution in [1.82, 2.24) is 10.3 Å². The van der Waals surface area contributed by atoms with Crippen LogP contribution < -0.4 is 5.32 Å². The van der Waals surface area contributed by atoms with Crippen LogP contribution >= 0.6 is 0 Å². The average Bonchev–Trinajstić information content (AvgIpc) is 2.18. The summed E-state index contributed by atoms with van der Waals surface area (Å²) in [7, 11) is 0. The van der Waals surface area contributed by atoms with Gasteiger partial charge in [-0.3, -0.25) is 9.78 Å². The SMILES string of the molecule is CC(=O)OC(=O)NCCc1ccccn1. The van der Waals surface area contributed by atoms with Gasteiger partial charge in [-0.2, -0.15) is 0 Å². The number of hydrogen-bond acceptors (Lipinski definition) is 4. The van der Waals surface area contributed by atoms with E-state index in [1.165, 1.54) is 6.92 Å². The first-order valence-electron chi connectivity index (χ1n) is 4.54. The lowest BCUT2D eigenvalue weighted by Gasteiger charge is -2.03. The molecule has 0 aliphatic heterocycles. The van der Waals surface area contributed by atoms with Gasteiger partial charge in [0.25, 0.3) is 0 Å². The van der Waals surface area contributed by atoms with Crippen molar-refractivity contribution in [3.8, 4) is 0 Å². The lowest BCUT2D eigenvalue weighted by Crippen LogP contribution is -2.28. The van der Waals surface area contributed by atoms with Crippen LogP contribution in [0.2, 0.25) is 0 Å². The van der Waals surface area contributed by atoms with E-state index in [0.717, 1.165) is 5.69 Å². The number of aromatic nitrogens is 1. The molecule has 0 unspecified atom stereocenters. The van der Waals surface area contributed by atoms with Gasteiger partial charge in [-0.15, -0.1) is 0 Å². The molecule has 0 aromatic carbocycles. The van der Waals surface area contributed by atoms with Crippen molar-refractivity contribution >= 4 is 12.1 Å². The molecule has 1 N–H and O–H groups in total. The number of rotatable bonds is 3. The lowest BCUT2D eigenvalue weighted by molar-refractivity contribution is -0.134. The van der Waals surface area contributed by atoms with Crippen molar-refractivity contribution in [1.29, 1.82) is 0 Å². The van der Waals surface area contributed by atoms with Gasteiger partial charge < -0.3 is 10.1 Å². The molecular formula is C10H12N2O3. The second kappa shape index (κ2) is 5.74. The van der Waals surface area contributed by atoms with Gasteiger partial charge in [0.15, 0.2) is 0 Å². The Hall–Kier alpha value is -1.91. The van der Waals surface area contributed by atoms with E-state index in [9.17, 15) is 9.59 Å². The van der Waals surface area contributed by atoms with Crippen LogP contribution in [0, 0.1) is 0 Å². The van der Waals surface area contributed by atoms with Crippen molar-refractivity contribution in [2.45, 2.75) is 13.3 Å². The van der Waals surface area contributed by atoms with Crippen LogP contribution in [-0.2, 0) is 16.0 Å². The number of ether oxygens (including phenoxy) is 1. The summed E-state index contributed by atoms with van der Waals surface area (Å²) in [4.78, 5) is 25.3. The van der Waals surface area contributed by atoms with E-state index in [4.69, 9.17) is 0 Å². The molecule has 80 valence electrons. The molecule has 0 bridgehead atoms. The molecule has 15 heavy (non-hydrogen) atoms. The number of esters is 1. The number of amides is 1. The van der Waals surface area contributed by atoms with Crippen molar-refractivity contribution in [3.05, 3.63) is 30.1 Å². The minimum Gasteiger partial charge on any atom is -0.377 e. The molecule has 0 aliphatic rings. The largest absolute Gasteiger partial charge is 0.414 e. The highest BCUT2D eigenvalue weighted by Gasteiger charge is 2.03. The van der Waals surface area contributed by atoms with Crippen LogP contribution in [0.1, 0.15) is 12.6 Å². The van der Waals surface area contributed by atoms with Crippen molar-refractivity contribution in [2.24, 2.45) is 0 Å². The number of alkyl carbamates (subject to hydrolysis) is 1. The van der Waals surface area contributed by atoms with Crippen molar-refractivity contribution in [2.75, 3.05) is 6.54 Å². The first-order chi connectivity index (χ1) is 7.18. The number of nitrogens with one attached hydrogen (secondary N) is 1. The van der Waals surface area contributed by atoms with Crippen molar-refractivity contribution < 1.29 is 14.3 Å². The zero-order chi connectivity index (χ0) is 11.1. The molecule has 0 radical (unpaired) electrons. The van der Waals surface area contributed by atoms with Gasteiger partial charge in [-0.1, -0.05) is 6.07 Å². The summed E-state index contributed by atoms with van der Waals surface area (Å²) in [5.74, 6) is -0.620. The minimum absolute atomic E-state index is 0.392. The zero-order valence-corrected chi connectivity index (χ0v) is 8.40. The van der Waals surface area contributed by atoms with Gasteiger partial charge in [0, 0.05) is 31.8 Å². The van der Waals surface area contributed by atoms with E-state index in [1.54, 1.807) is 6.20 Å². The van der Waals surface area contributed by atoms with E-state index in [1.807, 2.05) is 18.2 Å². The Bertz CT molecular complexity index is 338. The van der Waals surface area contributed by atoms with Gasteiger partial charge in [0.2, 0.25) is 0 Å². The highest BCUT2D eigenvalue weighted by atomic mass is 16.6. The maximum atomic E-state index is 10.9. The number of carbonyl (C=O) groups is 2. The molecule has 0 fully saturated rings. The van der Waals surface area contributed by atoms with E-state index >= 15 is 0 Å². The molecule has 1 amide bonds. The quantitative estimate of drug-likeness (QED) is 0.591. The van der Waals surface area contributed by atoms with E-state index < -0.39 is 12.1 Å². The highest BCUT2D eigenvalue weighted by molar-refractivity contribution is 5.82. The van der Waals surface area contributed by atoms with E-state index in [0.29, 0.717) is 13.0 Å². The molecule has 1 aromatic rings. The fraction of sp³-hybridized carbons (Fsp3) is 0.300. The standard InChI is InChI=1S/C10H12N2O3/c1-8(13)15-10(14)12-7-5-9-4-2-3-6-11-9/h2-4,6H,5,7H2,1H3,(H,12,14). The van der Waals surface area contributed by atoms with Crippen LogP contribution in [-0.4, -0.2) is 23.6 Å². The number of nitrogens with zero attached hydrogens (tertiary/aromatic N) is 1. The topological polar surface area (TPSA) is 68.3 Å². The van der Waals surface area contributed by atoms with Crippen LogP contribution in [0.4, 0.5) is 4.79 Å². The van der Waals surface area contributed by atoms with Gasteiger partial charge >= 0.3 is 12.1 Å². The Morgan fingerprint density at radius 1 is 1.47 bits per heavy atom. The van der Waals surface area contributed by atoms with E-state index in [-0.39, 0.29) is 0 Å². The summed E-state index contributed by atoms with van der Waals surface area (Å²) in [5.41, 5.74) is 0.876. The van der Waals surface area contributed by atoms with Crippen LogP contribution in [0.15, 0.2) is 24.4 Å². The van der Waals surface area contributed by atoms with Crippen LogP contribution in [0.5, 0.6) is 0 Å². The van der Waals surface area contributed by atoms with Crippen LogP contribution in [0.25, 0.3) is 0 Å². The molecule has 0 spiro atoms. The predicted octanol–water partition coefficient (Wildman–Crippen LogP) is 0.897. The normalized spacial score (nSPS) is 9.40. The molecular weight excluding hydrogens is 196 g/mol. The van der Waals surface area contributed by atoms with Crippen molar-refractivity contribution in [3.63, 3.8) is 0 Å². The molecule has 1 aromatic heterocycles. The Balaban J connectivity index is 2.22. The van der Waals surface area contributed by atoms with E-state index in [2.05, 4.69) is 15.0 Å². The average molecular weight is 208 g/mol. The third kappa shape index (κ3) is 4.75. The Morgan fingerprint density at radius 2 is 2.27 bits per heavy atom. The predicted molar refractivity (Wildman–Crippen MR) is 53.1 cm³/mol. The minimum atomic E-state index is -0.724. The summed E-state index contributed by atoms with van der Waals surface area (Å²) < 4.78 is 4.28. The van der Waals surface area contributed by atoms with Gasteiger partial charge in [-0.05, 0) is 12.1 Å². The summed E-state index contributed by atoms with van der Waals surface area (Å²) >= 11 is 0. The third-order valence-corrected chi connectivity index (χ3v) is 1.61. The molecule has 1 rings (SSSR count). The molecule has 1 heterocycles. The number of carbonyl (C=O) groups excluding carboxylic acids is 2. The Morgan fingerprint density at radius 3 is 2.87 bits per heavy atom. The number of hydrogen-bond donors (Lipinski definition) is 1. The van der Waals surface area contributed by atoms with Gasteiger partial charge in [-0.25, -0.2) is 4.79 Å². The zero-order valence-electron chi connectivity index (χ0n) is 8.40. The fourth-order valence-electron chi connectivity index (χ4n) is 1.01. The lowest BCUT2D eigenvalue weighted by atomic mass is 10.3. The molecule has 0 aliphatic carbocycles. The fourth-order valence-corrected chi connectivity index (χ4v) is 1.01. The van der Waals surface area contributed by atoms with Crippen LogP contribution in [0.3, 0.4) is 0 Å².